The van der Waals surface area contributed by atoms with E-state index in [1.54, 1.807) is 30.6 Å². The molecule has 0 aromatic heterocycles. The molecule has 0 saturated heterocycles. The van der Waals surface area contributed by atoms with E-state index in [1.807, 2.05) is 0 Å². The summed E-state index contributed by atoms with van der Waals surface area (Å²) in [5.74, 6) is -0.275. The largest absolute Gasteiger partial charge is 0.354 e. The zero-order valence-electron chi connectivity index (χ0n) is 10.5. The first kappa shape index (κ1) is 15.8. The topological polar surface area (TPSA) is 74.8 Å². The molecule has 5 nitrogen and oxygen atoms in total. The highest BCUT2D eigenvalue weighted by Crippen LogP contribution is 2.20. The van der Waals surface area contributed by atoms with E-state index in [4.69, 9.17) is 23.2 Å². The number of amides is 2. The molecule has 1 aromatic rings. The molecule has 4 N–H and O–H groups in total. The summed E-state index contributed by atoms with van der Waals surface area (Å²) in [6, 6.07) is 5.11. The van der Waals surface area contributed by atoms with Crippen LogP contribution in [0, 0.1) is 0 Å². The second kappa shape index (κ2) is 7.99. The van der Waals surface area contributed by atoms with Gasteiger partial charge >= 0.3 is 0 Å². The second-order valence-electron chi connectivity index (χ2n) is 3.88. The monoisotopic (exact) mass is 304 g/mol. The normalized spacial score (nSPS) is 10.1. The van der Waals surface area contributed by atoms with Crippen molar-refractivity contribution in [1.29, 1.82) is 0 Å². The number of hydrogen-bond acceptors (Lipinski definition) is 2. The van der Waals surface area contributed by atoms with Crippen molar-refractivity contribution in [2.24, 2.45) is 0 Å². The van der Waals surface area contributed by atoms with Crippen molar-refractivity contribution in [3.8, 4) is 0 Å². The molecule has 0 aliphatic rings. The van der Waals surface area contributed by atoms with Crippen LogP contribution >= 0.6 is 23.2 Å². The summed E-state index contributed by atoms with van der Waals surface area (Å²) in [4.78, 5) is 22.5. The van der Waals surface area contributed by atoms with Gasteiger partial charge in [-0.1, -0.05) is 29.3 Å². The fourth-order valence-corrected chi connectivity index (χ4v) is 1.84. The molecule has 19 heavy (non-hydrogen) atoms. The van der Waals surface area contributed by atoms with Crippen LogP contribution in [0.3, 0.4) is 0 Å². The number of carbonyl (C=O) groups excluding carboxylic acids is 2. The predicted octanol–water partition coefficient (Wildman–Crippen LogP) is -0.0810. The number of halogens is 2. The molecule has 0 unspecified atom stereocenters. The molecule has 0 saturated carbocycles. The molecular weight excluding hydrogens is 289 g/mol. The van der Waals surface area contributed by atoms with Crippen molar-refractivity contribution in [2.45, 2.75) is 6.54 Å². The number of likely N-dealkylation sites (N-methyl/N-ethyl adjacent to an activating group) is 1. The Morgan fingerprint density at radius 2 is 1.89 bits per heavy atom. The van der Waals surface area contributed by atoms with Crippen LogP contribution in [0.15, 0.2) is 18.2 Å². The smallest absolute Gasteiger partial charge is 0.275 e. The Balaban J connectivity index is 2.32. The lowest BCUT2D eigenvalue weighted by Crippen LogP contribution is -2.88. The van der Waals surface area contributed by atoms with Gasteiger partial charge in [-0.3, -0.25) is 9.59 Å². The Morgan fingerprint density at radius 3 is 2.53 bits per heavy atom. The van der Waals surface area contributed by atoms with E-state index >= 15 is 0 Å². The van der Waals surface area contributed by atoms with Gasteiger partial charge in [-0.2, -0.15) is 0 Å². The van der Waals surface area contributed by atoms with Crippen molar-refractivity contribution >= 4 is 35.0 Å². The molecule has 0 aliphatic carbocycles. The average Bonchev–Trinajstić information content (AvgIpc) is 2.37. The van der Waals surface area contributed by atoms with Crippen LogP contribution in [0.5, 0.6) is 0 Å². The molecule has 7 heteroatoms. The standard InChI is InChI=1S/C12H15Cl2N3O2/c1-15-11(18)6-16-7-12(19)17-5-8-2-3-9(13)4-10(8)14/h2-4,16H,5-7H2,1H3,(H,15,18)(H,17,19)/p+1. The summed E-state index contributed by atoms with van der Waals surface area (Å²) in [6.45, 7) is 0.757. The number of quaternary nitrogens is 1. The zero-order valence-corrected chi connectivity index (χ0v) is 12.0. The highest BCUT2D eigenvalue weighted by atomic mass is 35.5. The Morgan fingerprint density at radius 1 is 1.21 bits per heavy atom. The molecule has 0 heterocycles. The first-order valence-corrected chi connectivity index (χ1v) is 6.51. The maximum absolute atomic E-state index is 11.5. The minimum Gasteiger partial charge on any atom is -0.354 e. The first-order chi connectivity index (χ1) is 9.02. The van der Waals surface area contributed by atoms with Crippen LogP contribution in [-0.4, -0.2) is 32.0 Å². The van der Waals surface area contributed by atoms with Gasteiger partial charge in [0.25, 0.3) is 11.8 Å². The molecular formula is C12H16Cl2N3O2+. The Bertz CT molecular complexity index is 466. The van der Waals surface area contributed by atoms with Gasteiger partial charge in [-0.15, -0.1) is 0 Å². The summed E-state index contributed by atoms with van der Waals surface area (Å²) < 4.78 is 0. The number of benzene rings is 1. The van der Waals surface area contributed by atoms with Crippen LogP contribution in [0.25, 0.3) is 0 Å². The highest BCUT2D eigenvalue weighted by molar-refractivity contribution is 6.35. The van der Waals surface area contributed by atoms with E-state index in [2.05, 4.69) is 10.6 Å². The first-order valence-electron chi connectivity index (χ1n) is 5.75. The van der Waals surface area contributed by atoms with E-state index in [0.717, 1.165) is 5.56 Å². The van der Waals surface area contributed by atoms with E-state index in [0.29, 0.717) is 16.6 Å². The highest BCUT2D eigenvalue weighted by Gasteiger charge is 2.07. The average molecular weight is 305 g/mol. The van der Waals surface area contributed by atoms with Gasteiger partial charge in [-0.05, 0) is 17.7 Å². The molecule has 0 fully saturated rings. The van der Waals surface area contributed by atoms with Crippen molar-refractivity contribution < 1.29 is 14.9 Å². The Labute approximate surface area is 121 Å². The third-order valence-corrected chi connectivity index (χ3v) is 3.02. The van der Waals surface area contributed by atoms with Gasteiger partial charge in [0.05, 0.1) is 0 Å². The van der Waals surface area contributed by atoms with Crippen molar-refractivity contribution in [2.75, 3.05) is 20.1 Å². The summed E-state index contributed by atoms with van der Waals surface area (Å²) in [6.07, 6.45) is 0. The molecule has 1 aromatic carbocycles. The Kier molecular flexibility index (Phi) is 6.62. The van der Waals surface area contributed by atoms with Crippen molar-refractivity contribution in [1.82, 2.24) is 10.6 Å². The summed E-state index contributed by atoms with van der Waals surface area (Å²) in [5.41, 5.74) is 0.797. The molecule has 0 spiro atoms. The summed E-state index contributed by atoms with van der Waals surface area (Å²) in [5, 5.41) is 7.89. The fraction of sp³-hybridized carbons (Fsp3) is 0.333. The van der Waals surface area contributed by atoms with Gasteiger partial charge in [0.1, 0.15) is 0 Å². The molecule has 2 amide bonds. The fourth-order valence-electron chi connectivity index (χ4n) is 1.37. The third-order valence-electron chi connectivity index (χ3n) is 2.43. The number of hydrogen-bond donors (Lipinski definition) is 3. The second-order valence-corrected chi connectivity index (χ2v) is 4.73. The molecule has 0 atom stereocenters. The lowest BCUT2D eigenvalue weighted by Gasteiger charge is -2.06. The minimum atomic E-state index is -0.157. The van der Waals surface area contributed by atoms with Gasteiger partial charge < -0.3 is 16.0 Å². The maximum Gasteiger partial charge on any atom is 0.275 e. The maximum atomic E-state index is 11.5. The number of carbonyl (C=O) groups is 2. The van der Waals surface area contributed by atoms with Crippen LogP contribution < -0.4 is 16.0 Å². The molecule has 0 bridgehead atoms. The van der Waals surface area contributed by atoms with Crippen LogP contribution in [0.2, 0.25) is 10.0 Å². The quantitative estimate of drug-likeness (QED) is 0.688. The Hall–Kier alpha value is -1.30. The lowest BCUT2D eigenvalue weighted by atomic mass is 10.2. The number of nitrogens with one attached hydrogen (secondary N) is 2. The van der Waals surface area contributed by atoms with Gasteiger partial charge in [0.2, 0.25) is 0 Å². The molecule has 104 valence electrons. The predicted molar refractivity (Wildman–Crippen MR) is 74.0 cm³/mol. The van der Waals surface area contributed by atoms with Crippen LogP contribution in [-0.2, 0) is 16.1 Å². The van der Waals surface area contributed by atoms with Gasteiger partial charge in [0, 0.05) is 23.6 Å². The summed E-state index contributed by atoms with van der Waals surface area (Å²) in [7, 11) is 1.55. The van der Waals surface area contributed by atoms with Gasteiger partial charge in [-0.25, -0.2) is 0 Å². The lowest BCUT2D eigenvalue weighted by molar-refractivity contribution is -0.633. The van der Waals surface area contributed by atoms with Crippen molar-refractivity contribution in [3.05, 3.63) is 33.8 Å². The minimum absolute atomic E-state index is 0.117. The van der Waals surface area contributed by atoms with Crippen LogP contribution in [0.4, 0.5) is 0 Å². The molecule has 1 rings (SSSR count). The van der Waals surface area contributed by atoms with E-state index in [9.17, 15) is 9.59 Å². The third kappa shape index (κ3) is 5.92. The number of nitrogens with two attached hydrogens (primary N) is 1. The van der Waals surface area contributed by atoms with Crippen molar-refractivity contribution in [3.63, 3.8) is 0 Å². The van der Waals surface area contributed by atoms with Crippen LogP contribution in [0.1, 0.15) is 5.56 Å². The van der Waals surface area contributed by atoms with E-state index < -0.39 is 0 Å². The van der Waals surface area contributed by atoms with E-state index in [-0.39, 0.29) is 24.9 Å². The van der Waals surface area contributed by atoms with Gasteiger partial charge in [0.15, 0.2) is 13.1 Å². The SMILES string of the molecule is CNC(=O)C[NH2+]CC(=O)NCc1ccc(Cl)cc1Cl. The molecule has 0 radical (unpaired) electrons. The molecule has 0 aliphatic heterocycles. The van der Waals surface area contributed by atoms with E-state index in [1.165, 1.54) is 0 Å². The number of rotatable bonds is 6. The summed E-state index contributed by atoms with van der Waals surface area (Å²) >= 11 is 11.8. The zero-order chi connectivity index (χ0) is 14.3.